The fourth-order valence-corrected chi connectivity index (χ4v) is 5.86. The van der Waals surface area contributed by atoms with E-state index in [1.54, 1.807) is 30.3 Å². The smallest absolute Gasteiger partial charge is 0.269 e. The van der Waals surface area contributed by atoms with Gasteiger partial charge in [0, 0.05) is 23.0 Å². The van der Waals surface area contributed by atoms with Gasteiger partial charge in [-0.1, -0.05) is 24.3 Å². The molecule has 1 atom stereocenters. The fourth-order valence-electron chi connectivity index (χ4n) is 4.50. The maximum atomic E-state index is 14.1. The number of benzene rings is 3. The Kier molecular flexibility index (Phi) is 5.59. The number of fused-ring (bicyclic) bond motifs is 2. The van der Waals surface area contributed by atoms with Crippen molar-refractivity contribution in [1.29, 1.82) is 0 Å². The third-order valence-electron chi connectivity index (χ3n) is 6.32. The van der Waals surface area contributed by atoms with E-state index in [9.17, 15) is 23.2 Å². The summed E-state index contributed by atoms with van der Waals surface area (Å²) < 4.78 is 27.7. The van der Waals surface area contributed by atoms with Crippen LogP contribution in [-0.4, -0.2) is 30.0 Å². The Morgan fingerprint density at radius 1 is 1.00 bits per heavy atom. The van der Waals surface area contributed by atoms with Crippen LogP contribution in [0.4, 0.5) is 25.8 Å². The van der Waals surface area contributed by atoms with Gasteiger partial charge in [0.1, 0.15) is 6.54 Å². The van der Waals surface area contributed by atoms with Gasteiger partial charge in [0.2, 0.25) is 16.7 Å². The van der Waals surface area contributed by atoms with E-state index < -0.39 is 34.2 Å². The van der Waals surface area contributed by atoms with Crippen molar-refractivity contribution in [3.05, 3.63) is 89.0 Å². The summed E-state index contributed by atoms with van der Waals surface area (Å²) in [5.41, 5.74) is 3.80. The summed E-state index contributed by atoms with van der Waals surface area (Å²) in [5, 5.41) is 2.82. The highest BCUT2D eigenvalue weighted by Gasteiger charge is 2.61. The molecule has 0 aromatic heterocycles. The monoisotopic (exact) mass is 493 g/mol. The van der Waals surface area contributed by atoms with E-state index in [-0.39, 0.29) is 18.0 Å². The summed E-state index contributed by atoms with van der Waals surface area (Å²) in [7, 11) is 0. The van der Waals surface area contributed by atoms with E-state index in [1.807, 2.05) is 26.0 Å². The maximum absolute atomic E-state index is 14.1. The van der Waals surface area contributed by atoms with Crippen LogP contribution in [0.15, 0.2) is 60.7 Å². The standard InChI is InChI=1S/C26H21F2N3O3S/c1-15-7-8-17(11-16(15)2)29-23(32)13-30-22-6-4-3-5-19(22)26(25(30)34)31(24(33)14-35-26)18-9-10-20(27)21(28)12-18/h3-12H,13-14H2,1-2H3,(H,29,32)/t26-/m0/s1. The Balaban J connectivity index is 1.51. The van der Waals surface area contributed by atoms with E-state index in [2.05, 4.69) is 5.32 Å². The lowest BCUT2D eigenvalue weighted by Gasteiger charge is -2.33. The zero-order chi connectivity index (χ0) is 24.9. The Morgan fingerprint density at radius 3 is 2.51 bits per heavy atom. The van der Waals surface area contributed by atoms with E-state index in [0.717, 1.165) is 35.0 Å². The van der Waals surface area contributed by atoms with Gasteiger partial charge < -0.3 is 5.32 Å². The quantitative estimate of drug-likeness (QED) is 0.581. The first kappa shape index (κ1) is 23.0. The highest BCUT2D eigenvalue weighted by Crippen LogP contribution is 2.55. The molecule has 5 rings (SSSR count). The minimum atomic E-state index is -1.52. The molecule has 0 aliphatic carbocycles. The van der Waals surface area contributed by atoms with E-state index in [4.69, 9.17) is 0 Å². The van der Waals surface area contributed by atoms with Gasteiger partial charge in [-0.25, -0.2) is 8.78 Å². The molecular weight excluding hydrogens is 472 g/mol. The normalized spacial score (nSPS) is 19.0. The number of carbonyl (C=O) groups is 3. The zero-order valence-electron chi connectivity index (χ0n) is 19.0. The number of hydrogen-bond acceptors (Lipinski definition) is 4. The second kappa shape index (κ2) is 8.49. The van der Waals surface area contributed by atoms with E-state index >= 15 is 0 Å². The van der Waals surface area contributed by atoms with Crippen LogP contribution in [0.1, 0.15) is 16.7 Å². The minimum Gasteiger partial charge on any atom is -0.325 e. The van der Waals surface area contributed by atoms with Crippen LogP contribution in [0.2, 0.25) is 0 Å². The lowest BCUT2D eigenvalue weighted by Crippen LogP contribution is -2.51. The highest BCUT2D eigenvalue weighted by atomic mass is 32.2. The number of nitrogens with zero attached hydrogens (tertiary/aromatic N) is 2. The summed E-state index contributed by atoms with van der Waals surface area (Å²) in [5.74, 6) is -3.50. The molecule has 178 valence electrons. The van der Waals surface area contributed by atoms with Gasteiger partial charge >= 0.3 is 0 Å². The molecule has 1 N–H and O–H groups in total. The Morgan fingerprint density at radius 2 is 1.77 bits per heavy atom. The van der Waals surface area contributed by atoms with Gasteiger partial charge in [-0.3, -0.25) is 24.2 Å². The number of carbonyl (C=O) groups excluding carboxylic acids is 3. The molecule has 0 saturated carbocycles. The van der Waals surface area contributed by atoms with Crippen LogP contribution in [-0.2, 0) is 19.3 Å². The van der Waals surface area contributed by atoms with Gasteiger partial charge in [-0.2, -0.15) is 0 Å². The second-order valence-electron chi connectivity index (χ2n) is 8.52. The lowest BCUT2D eigenvalue weighted by atomic mass is 10.0. The summed E-state index contributed by atoms with van der Waals surface area (Å²) in [4.78, 5) is 40.8. The van der Waals surface area contributed by atoms with Gasteiger partial charge in [-0.15, -0.1) is 11.8 Å². The average Bonchev–Trinajstić information content (AvgIpc) is 3.29. The van der Waals surface area contributed by atoms with Crippen molar-refractivity contribution in [1.82, 2.24) is 0 Å². The van der Waals surface area contributed by atoms with Crippen molar-refractivity contribution in [3.8, 4) is 0 Å². The second-order valence-corrected chi connectivity index (χ2v) is 9.68. The zero-order valence-corrected chi connectivity index (χ0v) is 19.8. The summed E-state index contributed by atoms with van der Waals surface area (Å²) in [6.07, 6.45) is 0. The lowest BCUT2D eigenvalue weighted by molar-refractivity contribution is -0.124. The molecule has 3 amide bonds. The molecule has 0 unspecified atom stereocenters. The van der Waals surface area contributed by atoms with Crippen LogP contribution in [0, 0.1) is 25.5 Å². The first-order valence-electron chi connectivity index (χ1n) is 10.9. The van der Waals surface area contributed by atoms with Crippen molar-refractivity contribution >= 4 is 46.5 Å². The van der Waals surface area contributed by atoms with Gasteiger partial charge in [0.15, 0.2) is 11.6 Å². The number of nitrogens with one attached hydrogen (secondary N) is 1. The van der Waals surface area contributed by atoms with Gasteiger partial charge in [-0.05, 0) is 55.3 Å². The predicted molar refractivity (Wildman–Crippen MR) is 131 cm³/mol. The van der Waals surface area contributed by atoms with Gasteiger partial charge in [0.05, 0.1) is 11.4 Å². The number of hydrogen-bond donors (Lipinski definition) is 1. The fraction of sp³-hybridized carbons (Fsp3) is 0.192. The molecule has 2 aliphatic heterocycles. The number of halogens is 2. The molecule has 3 aromatic carbocycles. The number of aryl methyl sites for hydroxylation is 2. The third kappa shape index (κ3) is 3.67. The first-order valence-corrected chi connectivity index (χ1v) is 11.9. The van der Waals surface area contributed by atoms with Crippen LogP contribution in [0.3, 0.4) is 0 Å². The Labute approximate surface area is 204 Å². The van der Waals surface area contributed by atoms with Crippen molar-refractivity contribution < 1.29 is 23.2 Å². The molecule has 35 heavy (non-hydrogen) atoms. The number of anilines is 3. The molecule has 0 radical (unpaired) electrons. The molecular formula is C26H21F2N3O3S. The van der Waals surface area contributed by atoms with Crippen molar-refractivity contribution in [2.45, 2.75) is 18.7 Å². The highest BCUT2D eigenvalue weighted by molar-refractivity contribution is 8.02. The minimum absolute atomic E-state index is 0.0260. The number of para-hydroxylation sites is 1. The molecule has 2 heterocycles. The number of rotatable bonds is 4. The largest absolute Gasteiger partial charge is 0.325 e. The van der Waals surface area contributed by atoms with Crippen LogP contribution < -0.4 is 15.1 Å². The van der Waals surface area contributed by atoms with Crippen molar-refractivity contribution in [2.75, 3.05) is 27.4 Å². The molecule has 1 spiro atoms. The molecule has 2 aliphatic rings. The SMILES string of the molecule is Cc1ccc(NC(=O)CN2C(=O)[C@@]3(SCC(=O)N3c3ccc(F)c(F)c3)c3ccccc32)cc1C. The molecule has 6 nitrogen and oxygen atoms in total. The third-order valence-corrected chi connectivity index (χ3v) is 7.70. The molecule has 1 saturated heterocycles. The molecule has 3 aromatic rings. The van der Waals surface area contributed by atoms with Crippen LogP contribution in [0.5, 0.6) is 0 Å². The summed E-state index contributed by atoms with van der Waals surface area (Å²) >= 11 is 1.10. The summed E-state index contributed by atoms with van der Waals surface area (Å²) in [6.45, 7) is 3.64. The number of thioether (sulfide) groups is 1. The first-order chi connectivity index (χ1) is 16.7. The number of amides is 3. The predicted octanol–water partition coefficient (Wildman–Crippen LogP) is 4.50. The van der Waals surface area contributed by atoms with E-state index in [0.29, 0.717) is 16.9 Å². The van der Waals surface area contributed by atoms with Crippen molar-refractivity contribution in [3.63, 3.8) is 0 Å². The molecule has 0 bridgehead atoms. The molecule has 1 fully saturated rings. The maximum Gasteiger partial charge on any atom is 0.269 e. The Bertz CT molecular complexity index is 1400. The van der Waals surface area contributed by atoms with Crippen molar-refractivity contribution in [2.24, 2.45) is 0 Å². The Hall–Kier alpha value is -3.72. The van der Waals surface area contributed by atoms with Gasteiger partial charge in [0.25, 0.3) is 5.91 Å². The van der Waals surface area contributed by atoms with Crippen LogP contribution >= 0.6 is 11.8 Å². The summed E-state index contributed by atoms with van der Waals surface area (Å²) in [6, 6.07) is 15.5. The van der Waals surface area contributed by atoms with E-state index in [1.165, 1.54) is 15.9 Å². The van der Waals surface area contributed by atoms with Crippen LogP contribution in [0.25, 0.3) is 0 Å². The molecule has 9 heteroatoms. The average molecular weight is 494 g/mol. The topological polar surface area (TPSA) is 69.7 Å².